The number of thiophene rings is 1. The molecule has 1 aliphatic rings. The van der Waals surface area contributed by atoms with Crippen molar-refractivity contribution in [3.63, 3.8) is 0 Å². The highest BCUT2D eigenvalue weighted by Gasteiger charge is 2.25. The third-order valence-electron chi connectivity index (χ3n) is 4.81. The number of carbonyl (C=O) groups is 1. The van der Waals surface area contributed by atoms with Crippen LogP contribution >= 0.6 is 11.3 Å². The number of carbonyl (C=O) groups excluding carboxylic acids is 1. The van der Waals surface area contributed by atoms with Crippen molar-refractivity contribution in [1.82, 2.24) is 25.2 Å². The van der Waals surface area contributed by atoms with Crippen molar-refractivity contribution < 1.29 is 9.32 Å². The van der Waals surface area contributed by atoms with E-state index in [4.69, 9.17) is 4.52 Å². The molecular weight excluding hydrogens is 350 g/mol. The first-order valence-corrected chi connectivity index (χ1v) is 9.52. The highest BCUT2D eigenvalue weighted by atomic mass is 32.1. The summed E-state index contributed by atoms with van der Waals surface area (Å²) in [5, 5.41) is 13.2. The van der Waals surface area contributed by atoms with Gasteiger partial charge in [0.05, 0.1) is 16.3 Å². The Morgan fingerprint density at radius 2 is 2.12 bits per heavy atom. The molecule has 0 bridgehead atoms. The second-order valence-corrected chi connectivity index (χ2v) is 7.46. The number of aromatic nitrogens is 3. The molecule has 1 fully saturated rings. The molecule has 0 atom stereocenters. The number of nitrogens with zero attached hydrogens (tertiary/aromatic N) is 4. The number of nitrogens with one attached hydrogen (secondary N) is 1. The van der Waals surface area contributed by atoms with Crippen LogP contribution in [0.3, 0.4) is 0 Å². The van der Waals surface area contributed by atoms with Crippen LogP contribution in [-0.2, 0) is 6.54 Å². The fourth-order valence-electron chi connectivity index (χ4n) is 3.21. The van der Waals surface area contributed by atoms with Crippen LogP contribution in [0.2, 0.25) is 0 Å². The van der Waals surface area contributed by atoms with Crippen LogP contribution in [0.4, 0.5) is 0 Å². The predicted molar refractivity (Wildman–Crippen MR) is 99.1 cm³/mol. The van der Waals surface area contributed by atoms with Gasteiger partial charge in [-0.1, -0.05) is 11.2 Å². The summed E-state index contributed by atoms with van der Waals surface area (Å²) in [5.74, 6) is 0.861. The van der Waals surface area contributed by atoms with E-state index in [0.29, 0.717) is 18.8 Å². The summed E-state index contributed by atoms with van der Waals surface area (Å²) in [6, 6.07) is 5.84. The molecule has 7 nitrogen and oxygen atoms in total. The Kier molecular flexibility index (Phi) is 4.60. The highest BCUT2D eigenvalue weighted by molar-refractivity contribution is 7.13. The van der Waals surface area contributed by atoms with E-state index in [1.165, 1.54) is 0 Å². The fourth-order valence-corrected chi connectivity index (χ4v) is 3.90. The third kappa shape index (κ3) is 3.30. The van der Waals surface area contributed by atoms with Gasteiger partial charge < -0.3 is 9.42 Å². The molecule has 4 rings (SSSR count). The number of aromatic amines is 1. The molecule has 8 heteroatoms. The van der Waals surface area contributed by atoms with Gasteiger partial charge in [0.2, 0.25) is 0 Å². The fraction of sp³-hybridized carbons (Fsp3) is 0.389. The Balaban J connectivity index is 1.36. The summed E-state index contributed by atoms with van der Waals surface area (Å²) in [6.45, 7) is 7.78. The average Bonchev–Trinajstić information content (AvgIpc) is 3.39. The zero-order valence-corrected chi connectivity index (χ0v) is 15.7. The first-order valence-electron chi connectivity index (χ1n) is 8.64. The molecule has 3 aromatic rings. The van der Waals surface area contributed by atoms with E-state index in [0.717, 1.165) is 47.2 Å². The summed E-state index contributed by atoms with van der Waals surface area (Å²) in [5.41, 5.74) is 3.46. The van der Waals surface area contributed by atoms with E-state index >= 15 is 0 Å². The van der Waals surface area contributed by atoms with Crippen molar-refractivity contribution in [3.05, 3.63) is 46.3 Å². The molecule has 0 aliphatic carbocycles. The summed E-state index contributed by atoms with van der Waals surface area (Å²) >= 11 is 1.63. The number of rotatable bonds is 4. The maximum Gasteiger partial charge on any atom is 0.274 e. The van der Waals surface area contributed by atoms with Gasteiger partial charge in [-0.3, -0.25) is 14.8 Å². The smallest absolute Gasteiger partial charge is 0.274 e. The van der Waals surface area contributed by atoms with Gasteiger partial charge >= 0.3 is 0 Å². The van der Waals surface area contributed by atoms with E-state index < -0.39 is 0 Å². The van der Waals surface area contributed by atoms with Crippen LogP contribution < -0.4 is 0 Å². The first kappa shape index (κ1) is 17.0. The zero-order chi connectivity index (χ0) is 18.1. The van der Waals surface area contributed by atoms with Crippen molar-refractivity contribution in [2.24, 2.45) is 0 Å². The van der Waals surface area contributed by atoms with E-state index in [-0.39, 0.29) is 5.91 Å². The van der Waals surface area contributed by atoms with Crippen LogP contribution in [0.5, 0.6) is 0 Å². The summed E-state index contributed by atoms with van der Waals surface area (Å²) < 4.78 is 5.23. The molecule has 1 amide bonds. The topological polar surface area (TPSA) is 78.3 Å². The van der Waals surface area contributed by atoms with Crippen molar-refractivity contribution in [2.45, 2.75) is 20.4 Å². The van der Waals surface area contributed by atoms with E-state index in [2.05, 4.69) is 20.3 Å². The van der Waals surface area contributed by atoms with Gasteiger partial charge in [0.25, 0.3) is 5.91 Å². The largest absolute Gasteiger partial charge is 0.361 e. The molecule has 0 aromatic carbocycles. The molecule has 136 valence electrons. The normalized spacial score (nSPS) is 15.5. The Hall–Kier alpha value is -2.45. The lowest BCUT2D eigenvalue weighted by Gasteiger charge is -2.34. The van der Waals surface area contributed by atoms with Gasteiger partial charge in [-0.25, -0.2) is 0 Å². The summed E-state index contributed by atoms with van der Waals surface area (Å²) in [7, 11) is 0. The first-order chi connectivity index (χ1) is 12.6. The molecule has 0 spiro atoms. The lowest BCUT2D eigenvalue weighted by atomic mass is 10.1. The van der Waals surface area contributed by atoms with Crippen LogP contribution in [0.15, 0.2) is 28.1 Å². The Bertz CT molecular complexity index is 871. The number of aryl methyl sites for hydroxylation is 2. The number of amides is 1. The van der Waals surface area contributed by atoms with Crippen molar-refractivity contribution in [3.8, 4) is 10.6 Å². The van der Waals surface area contributed by atoms with Gasteiger partial charge in [-0.05, 0) is 31.4 Å². The monoisotopic (exact) mass is 371 g/mol. The second kappa shape index (κ2) is 7.05. The minimum atomic E-state index is -0.0129. The number of hydrogen-bond acceptors (Lipinski definition) is 6. The number of piperazine rings is 1. The van der Waals surface area contributed by atoms with Crippen LogP contribution in [0.1, 0.15) is 27.5 Å². The van der Waals surface area contributed by atoms with Gasteiger partial charge in [-0.2, -0.15) is 5.10 Å². The molecular formula is C18H21N5O2S. The molecule has 26 heavy (non-hydrogen) atoms. The Labute approximate surface area is 155 Å². The van der Waals surface area contributed by atoms with E-state index in [1.807, 2.05) is 42.3 Å². The van der Waals surface area contributed by atoms with Crippen LogP contribution in [-0.4, -0.2) is 57.2 Å². The molecule has 0 unspecified atom stereocenters. The molecule has 1 aliphatic heterocycles. The minimum Gasteiger partial charge on any atom is -0.361 e. The highest BCUT2D eigenvalue weighted by Crippen LogP contribution is 2.23. The van der Waals surface area contributed by atoms with Crippen LogP contribution in [0, 0.1) is 13.8 Å². The van der Waals surface area contributed by atoms with E-state index in [9.17, 15) is 4.79 Å². The minimum absolute atomic E-state index is 0.0129. The van der Waals surface area contributed by atoms with Gasteiger partial charge in [-0.15, -0.1) is 11.3 Å². The third-order valence-corrected chi connectivity index (χ3v) is 5.71. The molecule has 0 saturated carbocycles. The van der Waals surface area contributed by atoms with Gasteiger partial charge in [0.15, 0.2) is 5.69 Å². The van der Waals surface area contributed by atoms with Crippen molar-refractivity contribution in [1.29, 1.82) is 0 Å². The quantitative estimate of drug-likeness (QED) is 0.763. The van der Waals surface area contributed by atoms with Crippen LogP contribution in [0.25, 0.3) is 10.6 Å². The van der Waals surface area contributed by atoms with Gasteiger partial charge in [0, 0.05) is 38.3 Å². The lowest BCUT2D eigenvalue weighted by Crippen LogP contribution is -2.48. The standard InChI is InChI=1S/C18H21N5O2S/c1-12-14(13(2)25-21-12)11-22-5-7-23(8-6-22)18(24)16-10-15(19-20-16)17-4-3-9-26-17/h3-4,9-10H,5-8,11H2,1-2H3,(H,19,20). The predicted octanol–water partition coefficient (Wildman–Crippen LogP) is 2.70. The Morgan fingerprint density at radius 3 is 2.77 bits per heavy atom. The summed E-state index contributed by atoms with van der Waals surface area (Å²) in [6.07, 6.45) is 0. The number of hydrogen-bond donors (Lipinski definition) is 1. The van der Waals surface area contributed by atoms with Gasteiger partial charge in [0.1, 0.15) is 5.76 Å². The lowest BCUT2D eigenvalue weighted by molar-refractivity contribution is 0.0622. The van der Waals surface area contributed by atoms with Crippen molar-refractivity contribution >= 4 is 17.2 Å². The van der Waals surface area contributed by atoms with Crippen molar-refractivity contribution in [2.75, 3.05) is 26.2 Å². The zero-order valence-electron chi connectivity index (χ0n) is 14.9. The SMILES string of the molecule is Cc1noc(C)c1CN1CCN(C(=O)c2cc(-c3cccs3)[nH]n2)CC1. The van der Waals surface area contributed by atoms with E-state index in [1.54, 1.807) is 11.3 Å². The Morgan fingerprint density at radius 1 is 1.31 bits per heavy atom. The molecule has 3 aromatic heterocycles. The molecule has 4 heterocycles. The maximum atomic E-state index is 12.7. The summed E-state index contributed by atoms with van der Waals surface area (Å²) in [4.78, 5) is 18.0. The number of H-pyrrole nitrogens is 1. The molecule has 1 saturated heterocycles. The molecule has 0 radical (unpaired) electrons. The average molecular weight is 371 g/mol. The molecule has 1 N–H and O–H groups in total. The maximum absolute atomic E-state index is 12.7. The second-order valence-electron chi connectivity index (χ2n) is 6.52.